The molecular weight excluding hydrogens is 438 g/mol. The van der Waals surface area contributed by atoms with Gasteiger partial charge in [0.15, 0.2) is 0 Å². The summed E-state index contributed by atoms with van der Waals surface area (Å²) in [6.07, 6.45) is 0. The van der Waals surface area contributed by atoms with E-state index in [-0.39, 0.29) is 18.7 Å². The van der Waals surface area contributed by atoms with Gasteiger partial charge in [0.05, 0.1) is 0 Å². The average molecular weight is 456 g/mol. The molecule has 0 atom stereocenters. The third-order valence-corrected chi connectivity index (χ3v) is 5.88. The highest BCUT2D eigenvalue weighted by atomic mass is 19.1. The van der Waals surface area contributed by atoms with Crippen molar-refractivity contribution in [2.75, 3.05) is 18.0 Å². The first kappa shape index (κ1) is 21.5. The van der Waals surface area contributed by atoms with Gasteiger partial charge in [-0.3, -0.25) is 19.3 Å². The number of nitrogens with zero attached hydrogens (tertiary/aromatic N) is 2. The molecule has 4 aromatic rings. The Labute approximate surface area is 193 Å². The number of carbonyl (C=O) groups is 3. The summed E-state index contributed by atoms with van der Waals surface area (Å²) < 4.78 is 26.9. The number of benzene rings is 4. The SMILES string of the molecule is O=C1c2cccc3cccc(c23)C(=O)N1CCN(C(=O)c1ccc(F)cc1)c1ccc(F)cc1. The fourth-order valence-corrected chi connectivity index (χ4v) is 4.20. The number of halogens is 2. The van der Waals surface area contributed by atoms with E-state index < -0.39 is 29.4 Å². The van der Waals surface area contributed by atoms with Crippen LogP contribution in [0.5, 0.6) is 0 Å². The van der Waals surface area contributed by atoms with E-state index in [0.29, 0.717) is 22.2 Å². The van der Waals surface area contributed by atoms with Crippen LogP contribution in [-0.2, 0) is 0 Å². The summed E-state index contributed by atoms with van der Waals surface area (Å²) in [7, 11) is 0. The lowest BCUT2D eigenvalue weighted by molar-refractivity contribution is 0.0611. The summed E-state index contributed by atoms with van der Waals surface area (Å²) in [4.78, 5) is 42.1. The summed E-state index contributed by atoms with van der Waals surface area (Å²) in [6.45, 7) is -0.107. The Balaban J connectivity index is 1.47. The van der Waals surface area contributed by atoms with Crippen LogP contribution in [0.3, 0.4) is 0 Å². The summed E-state index contributed by atoms with van der Waals surface area (Å²) in [5, 5.41) is 1.42. The molecule has 0 bridgehead atoms. The number of imide groups is 1. The molecule has 1 aliphatic rings. The molecule has 1 heterocycles. The van der Waals surface area contributed by atoms with Gasteiger partial charge in [-0.05, 0) is 66.0 Å². The van der Waals surface area contributed by atoms with Crippen molar-refractivity contribution in [3.63, 3.8) is 0 Å². The maximum atomic E-state index is 13.5. The predicted octanol–water partition coefficient (Wildman–Crippen LogP) is 5.06. The first-order valence-electron chi connectivity index (χ1n) is 10.6. The molecule has 0 spiro atoms. The smallest absolute Gasteiger partial charge is 0.261 e. The number of rotatable bonds is 5. The number of amides is 3. The van der Waals surface area contributed by atoms with Gasteiger partial charge in [0.25, 0.3) is 17.7 Å². The molecule has 5 rings (SSSR count). The second-order valence-corrected chi connectivity index (χ2v) is 7.91. The van der Waals surface area contributed by atoms with Gasteiger partial charge in [0.2, 0.25) is 0 Å². The van der Waals surface area contributed by atoms with Crippen molar-refractivity contribution in [1.29, 1.82) is 0 Å². The van der Waals surface area contributed by atoms with E-state index in [4.69, 9.17) is 0 Å². The lowest BCUT2D eigenvalue weighted by Gasteiger charge is -2.30. The van der Waals surface area contributed by atoms with E-state index in [9.17, 15) is 23.2 Å². The van der Waals surface area contributed by atoms with Crippen LogP contribution in [0.2, 0.25) is 0 Å². The van der Waals surface area contributed by atoms with Crippen molar-refractivity contribution >= 4 is 34.2 Å². The zero-order valence-corrected chi connectivity index (χ0v) is 17.9. The maximum absolute atomic E-state index is 13.5. The highest BCUT2D eigenvalue weighted by molar-refractivity contribution is 6.25. The topological polar surface area (TPSA) is 57.7 Å². The molecule has 0 aliphatic carbocycles. The monoisotopic (exact) mass is 456 g/mol. The van der Waals surface area contributed by atoms with Crippen molar-refractivity contribution in [2.24, 2.45) is 0 Å². The van der Waals surface area contributed by atoms with Crippen molar-refractivity contribution < 1.29 is 23.2 Å². The molecule has 0 unspecified atom stereocenters. The molecular formula is C27H18F2N2O3. The van der Waals surface area contributed by atoms with Gasteiger partial charge in [-0.1, -0.05) is 24.3 Å². The van der Waals surface area contributed by atoms with E-state index in [1.165, 1.54) is 53.4 Å². The second-order valence-electron chi connectivity index (χ2n) is 7.91. The molecule has 1 aliphatic heterocycles. The standard InChI is InChI=1S/C27H18F2N2O3/c28-19-9-7-18(8-10-19)25(32)30(21-13-11-20(29)12-14-21)15-16-31-26(33)22-5-1-3-17-4-2-6-23(24(17)22)27(31)34/h1-14H,15-16H2. The normalized spacial score (nSPS) is 12.8. The van der Waals surface area contributed by atoms with Crippen LogP contribution >= 0.6 is 0 Å². The van der Waals surface area contributed by atoms with E-state index >= 15 is 0 Å². The van der Waals surface area contributed by atoms with Gasteiger partial charge in [-0.2, -0.15) is 0 Å². The maximum Gasteiger partial charge on any atom is 0.261 e. The first-order chi connectivity index (χ1) is 16.4. The van der Waals surface area contributed by atoms with Crippen LogP contribution in [0.4, 0.5) is 14.5 Å². The zero-order valence-electron chi connectivity index (χ0n) is 17.9. The Morgan fingerprint density at radius 2 is 1.26 bits per heavy atom. The first-order valence-corrected chi connectivity index (χ1v) is 10.6. The van der Waals surface area contributed by atoms with Crippen molar-refractivity contribution in [3.05, 3.63) is 113 Å². The molecule has 168 valence electrons. The largest absolute Gasteiger partial charge is 0.307 e. The highest BCUT2D eigenvalue weighted by Crippen LogP contribution is 2.30. The van der Waals surface area contributed by atoms with Gasteiger partial charge < -0.3 is 4.90 Å². The van der Waals surface area contributed by atoms with Crippen LogP contribution in [0.25, 0.3) is 10.8 Å². The van der Waals surface area contributed by atoms with Gasteiger partial charge in [0.1, 0.15) is 11.6 Å². The Morgan fingerprint density at radius 3 is 1.82 bits per heavy atom. The van der Waals surface area contributed by atoms with Crippen LogP contribution < -0.4 is 4.90 Å². The Hall–Kier alpha value is -4.39. The predicted molar refractivity (Wildman–Crippen MR) is 124 cm³/mol. The third-order valence-electron chi connectivity index (χ3n) is 5.88. The molecule has 5 nitrogen and oxygen atoms in total. The Morgan fingerprint density at radius 1 is 0.735 bits per heavy atom. The molecule has 0 radical (unpaired) electrons. The van der Waals surface area contributed by atoms with Crippen molar-refractivity contribution in [2.45, 2.75) is 0 Å². The summed E-state index contributed by atoms with van der Waals surface area (Å²) in [5.41, 5.74) is 1.45. The summed E-state index contributed by atoms with van der Waals surface area (Å²) >= 11 is 0. The van der Waals surface area contributed by atoms with Gasteiger partial charge in [-0.25, -0.2) is 8.78 Å². The van der Waals surface area contributed by atoms with Gasteiger partial charge >= 0.3 is 0 Å². The van der Waals surface area contributed by atoms with Crippen LogP contribution in [0, 0.1) is 11.6 Å². The fraction of sp³-hybridized carbons (Fsp3) is 0.0741. The molecule has 0 N–H and O–H groups in total. The second kappa shape index (κ2) is 8.51. The summed E-state index contributed by atoms with van der Waals surface area (Å²) in [6, 6.07) is 20.9. The molecule has 7 heteroatoms. The molecule has 0 aromatic heterocycles. The Bertz CT molecular complexity index is 1380. The average Bonchev–Trinajstić information content (AvgIpc) is 2.85. The van der Waals surface area contributed by atoms with Crippen molar-refractivity contribution in [3.8, 4) is 0 Å². The number of anilines is 1. The summed E-state index contributed by atoms with van der Waals surface area (Å²) in [5.74, 6) is -2.30. The molecule has 0 saturated heterocycles. The van der Waals surface area contributed by atoms with Crippen molar-refractivity contribution in [1.82, 2.24) is 4.90 Å². The van der Waals surface area contributed by atoms with E-state index in [0.717, 1.165) is 10.3 Å². The molecule has 0 saturated carbocycles. The quantitative estimate of drug-likeness (QED) is 0.395. The lowest BCUT2D eigenvalue weighted by atomic mass is 9.94. The molecule has 34 heavy (non-hydrogen) atoms. The minimum absolute atomic E-state index is 0.0303. The Kier molecular flexibility index (Phi) is 5.37. The lowest BCUT2D eigenvalue weighted by Crippen LogP contribution is -2.46. The molecule has 0 fully saturated rings. The van der Waals surface area contributed by atoms with Crippen LogP contribution in [0.1, 0.15) is 31.1 Å². The number of hydrogen-bond donors (Lipinski definition) is 0. The fourth-order valence-electron chi connectivity index (χ4n) is 4.20. The zero-order chi connectivity index (χ0) is 23.8. The highest BCUT2D eigenvalue weighted by Gasteiger charge is 2.33. The number of carbonyl (C=O) groups excluding carboxylic acids is 3. The molecule has 3 amide bonds. The third kappa shape index (κ3) is 3.71. The van der Waals surface area contributed by atoms with Crippen LogP contribution in [-0.4, -0.2) is 35.7 Å². The van der Waals surface area contributed by atoms with Gasteiger partial charge in [-0.15, -0.1) is 0 Å². The number of hydrogen-bond acceptors (Lipinski definition) is 3. The molecule has 4 aromatic carbocycles. The van der Waals surface area contributed by atoms with E-state index in [1.54, 1.807) is 24.3 Å². The van der Waals surface area contributed by atoms with E-state index in [2.05, 4.69) is 0 Å². The van der Waals surface area contributed by atoms with E-state index in [1.807, 2.05) is 12.1 Å². The minimum Gasteiger partial charge on any atom is -0.307 e. The van der Waals surface area contributed by atoms with Gasteiger partial charge in [0, 0.05) is 40.9 Å². The van der Waals surface area contributed by atoms with Crippen LogP contribution in [0.15, 0.2) is 84.9 Å². The minimum atomic E-state index is -0.484.